The van der Waals surface area contributed by atoms with E-state index in [-0.39, 0.29) is 59.1 Å². The van der Waals surface area contributed by atoms with Crippen LogP contribution in [0.4, 0.5) is 0 Å². The van der Waals surface area contributed by atoms with Crippen LogP contribution < -0.4 is 51.4 Å². The summed E-state index contributed by atoms with van der Waals surface area (Å²) < 4.78 is 9.69. The van der Waals surface area contributed by atoms with Crippen LogP contribution in [0.15, 0.2) is 12.7 Å². The monoisotopic (exact) mass is 156 g/mol. The maximum Gasteiger partial charge on any atom is 1.00 e. The van der Waals surface area contributed by atoms with Crippen molar-refractivity contribution in [1.82, 2.24) is 0 Å². The Morgan fingerprint density at radius 1 is 1.56 bits per heavy atom. The third-order valence-corrected chi connectivity index (χ3v) is 0.885. The van der Waals surface area contributed by atoms with Crippen LogP contribution in [0, 0.1) is 0 Å². The molecule has 9 heavy (non-hydrogen) atoms. The predicted octanol–water partition coefficient (Wildman–Crippen LogP) is -1.70. The van der Waals surface area contributed by atoms with Gasteiger partial charge in [-0.3, -0.25) is 0 Å². The fraction of sp³-hybridized carbons (Fsp3) is 0.667. The Kier molecular flexibility index (Phi) is 13.4. The van der Waals surface area contributed by atoms with Crippen LogP contribution in [0.25, 0.3) is 0 Å². The van der Waals surface area contributed by atoms with Crippen LogP contribution in [-0.4, -0.2) is 20.5 Å². The molecule has 2 nitrogen and oxygen atoms in total. The van der Waals surface area contributed by atoms with Crippen LogP contribution >= 0.6 is 0 Å². The summed E-state index contributed by atoms with van der Waals surface area (Å²) in [6.45, 7) is 3.54. The van der Waals surface area contributed by atoms with E-state index in [1.807, 2.05) is 0 Å². The van der Waals surface area contributed by atoms with Crippen LogP contribution in [0.1, 0.15) is 7.85 Å². The van der Waals surface area contributed by atoms with Crippen LogP contribution in [0.2, 0.25) is 0 Å². The molecule has 0 aliphatic rings. The van der Waals surface area contributed by atoms with Crippen molar-refractivity contribution >= 4 is 0 Å². The molecular formula is C6H13KO2. The molecule has 0 fully saturated rings. The predicted molar refractivity (Wildman–Crippen MR) is 33.7 cm³/mol. The van der Waals surface area contributed by atoms with Gasteiger partial charge < -0.3 is 10.9 Å². The van der Waals surface area contributed by atoms with Crippen molar-refractivity contribution in [1.29, 1.82) is 0 Å². The topological polar surface area (TPSA) is 18.5 Å². The molecule has 3 heteroatoms. The number of rotatable bonds is 4. The largest absolute Gasteiger partial charge is 1.00 e. The fourth-order valence-corrected chi connectivity index (χ4v) is 0.425. The Bertz CT molecular complexity index is 66.8. The summed E-state index contributed by atoms with van der Waals surface area (Å²) in [4.78, 5) is 0. The standard InChI is InChI=1S/C6H12O2.K.H/c1-4-5-6(7-2)8-3;;/h4,6H,1,5H2,2-3H3;;/q;+1;-1. The second-order valence-corrected chi connectivity index (χ2v) is 1.43. The Morgan fingerprint density at radius 3 is 2.11 bits per heavy atom. The first-order chi connectivity index (χ1) is 3.85. The van der Waals surface area contributed by atoms with Gasteiger partial charge in [-0.2, -0.15) is 0 Å². The van der Waals surface area contributed by atoms with E-state index in [4.69, 9.17) is 9.47 Å². The molecule has 0 spiro atoms. The first kappa shape index (κ1) is 12.9. The molecule has 0 saturated carbocycles. The van der Waals surface area contributed by atoms with Crippen LogP contribution in [-0.2, 0) is 9.47 Å². The van der Waals surface area contributed by atoms with Crippen molar-refractivity contribution in [3.05, 3.63) is 12.7 Å². The van der Waals surface area contributed by atoms with E-state index < -0.39 is 0 Å². The van der Waals surface area contributed by atoms with Crippen molar-refractivity contribution in [2.75, 3.05) is 14.2 Å². The van der Waals surface area contributed by atoms with Gasteiger partial charge in [0, 0.05) is 20.6 Å². The second kappa shape index (κ2) is 9.30. The summed E-state index contributed by atoms with van der Waals surface area (Å²) in [5.41, 5.74) is 0. The summed E-state index contributed by atoms with van der Waals surface area (Å²) in [5, 5.41) is 0. The van der Waals surface area contributed by atoms with Gasteiger partial charge in [0.25, 0.3) is 0 Å². The smallest absolute Gasteiger partial charge is 1.00 e. The average molecular weight is 156 g/mol. The molecule has 0 aromatic carbocycles. The zero-order valence-electron chi connectivity index (χ0n) is 7.39. The molecule has 50 valence electrons. The Labute approximate surface area is 101 Å². The minimum atomic E-state index is -0.118. The first-order valence-electron chi connectivity index (χ1n) is 2.51. The second-order valence-electron chi connectivity index (χ2n) is 1.43. The quantitative estimate of drug-likeness (QED) is 0.274. The molecule has 0 rings (SSSR count). The zero-order chi connectivity index (χ0) is 6.41. The van der Waals surface area contributed by atoms with Crippen LogP contribution in [0.3, 0.4) is 0 Å². The number of hydrogen-bond donors (Lipinski definition) is 0. The molecule has 0 aromatic heterocycles. The SMILES string of the molecule is C=CCC(OC)OC.[H-].[K+]. The van der Waals surface area contributed by atoms with E-state index in [2.05, 4.69) is 6.58 Å². The third kappa shape index (κ3) is 7.19. The zero-order valence-corrected chi connectivity index (χ0v) is 9.51. The summed E-state index contributed by atoms with van der Waals surface area (Å²) in [6.07, 6.45) is 2.39. The first-order valence-corrected chi connectivity index (χ1v) is 2.51. The van der Waals surface area contributed by atoms with Crippen molar-refractivity contribution in [2.24, 2.45) is 0 Å². The Balaban J connectivity index is -0.000000245. The number of methoxy groups -OCH3 is 2. The molecule has 0 amide bonds. The van der Waals surface area contributed by atoms with Gasteiger partial charge in [-0.15, -0.1) is 6.58 Å². The maximum absolute atomic E-state index is 4.85. The van der Waals surface area contributed by atoms with Crippen molar-refractivity contribution < 1.29 is 62.3 Å². The Morgan fingerprint density at radius 2 is 2.00 bits per heavy atom. The van der Waals surface area contributed by atoms with E-state index in [1.54, 1.807) is 20.3 Å². The van der Waals surface area contributed by atoms with Crippen molar-refractivity contribution in [2.45, 2.75) is 12.7 Å². The van der Waals surface area contributed by atoms with Gasteiger partial charge in [0.2, 0.25) is 0 Å². The summed E-state index contributed by atoms with van der Waals surface area (Å²) >= 11 is 0. The van der Waals surface area contributed by atoms with Crippen molar-refractivity contribution in [3.63, 3.8) is 0 Å². The Hall–Kier alpha value is 1.30. The maximum atomic E-state index is 4.85. The molecule has 0 radical (unpaired) electrons. The number of ether oxygens (including phenoxy) is 2. The molecule has 0 heterocycles. The van der Waals surface area contributed by atoms with Crippen LogP contribution in [0.5, 0.6) is 0 Å². The summed E-state index contributed by atoms with van der Waals surface area (Å²) in [7, 11) is 3.22. The molecule has 0 saturated heterocycles. The third-order valence-electron chi connectivity index (χ3n) is 0.885. The van der Waals surface area contributed by atoms with Gasteiger partial charge in [0.15, 0.2) is 6.29 Å². The van der Waals surface area contributed by atoms with E-state index in [9.17, 15) is 0 Å². The van der Waals surface area contributed by atoms with E-state index in [0.717, 1.165) is 6.42 Å². The minimum absolute atomic E-state index is 0. The average Bonchev–Trinajstić information content (AvgIpc) is 1.83. The summed E-state index contributed by atoms with van der Waals surface area (Å²) in [5.74, 6) is 0. The van der Waals surface area contributed by atoms with Gasteiger partial charge in [-0.25, -0.2) is 0 Å². The molecule has 0 atom stereocenters. The summed E-state index contributed by atoms with van der Waals surface area (Å²) in [6, 6.07) is 0. The van der Waals surface area contributed by atoms with Gasteiger partial charge in [-0.1, -0.05) is 6.08 Å². The van der Waals surface area contributed by atoms with Gasteiger partial charge >= 0.3 is 51.4 Å². The van der Waals surface area contributed by atoms with E-state index >= 15 is 0 Å². The molecule has 0 bridgehead atoms. The molecule has 0 aromatic rings. The molecular weight excluding hydrogens is 143 g/mol. The van der Waals surface area contributed by atoms with E-state index in [1.165, 1.54) is 0 Å². The van der Waals surface area contributed by atoms with Gasteiger partial charge in [-0.05, 0) is 0 Å². The fourth-order valence-electron chi connectivity index (χ4n) is 0.425. The molecule has 0 unspecified atom stereocenters. The van der Waals surface area contributed by atoms with E-state index in [0.29, 0.717) is 0 Å². The molecule has 0 aliphatic carbocycles. The van der Waals surface area contributed by atoms with Crippen molar-refractivity contribution in [3.8, 4) is 0 Å². The van der Waals surface area contributed by atoms with Gasteiger partial charge in [0.05, 0.1) is 0 Å². The normalized spacial score (nSPS) is 8.78. The molecule has 0 aliphatic heterocycles. The minimum Gasteiger partial charge on any atom is -1.00 e. The van der Waals surface area contributed by atoms with Gasteiger partial charge in [0.1, 0.15) is 0 Å². The molecule has 0 N–H and O–H groups in total. The number of hydrogen-bond acceptors (Lipinski definition) is 2.